The summed E-state index contributed by atoms with van der Waals surface area (Å²) in [4.78, 5) is 36.6. The summed E-state index contributed by atoms with van der Waals surface area (Å²) in [6.07, 6.45) is 49.0. The standard InChI is InChI=1S/C47H75NO7/c1-6-8-10-12-14-16-17-18-19-20-21-22-23-24-25-26-27-28-29-30-32-33-35-37-45(49)54-42-43(41-53-40-39-44(47(51)52)48(3,4)5)55-46(50)38-36-34-31-15-13-11-9-7-2/h8,10,14,16,18-19,21-22,24-25,27-28,30-32,34,43-44H,6-7,9,11-13,15,17,20,23,26,29,33,35-42H2,1-5H3/b10-8+,16-14+,19-18+,22-21+,25-24+,28-27+,32-30+,34-31+. The Kier molecular flexibility index (Phi) is 34.7. The lowest BCUT2D eigenvalue weighted by molar-refractivity contribution is -0.889. The van der Waals surface area contributed by atoms with E-state index in [0.29, 0.717) is 12.8 Å². The maximum Gasteiger partial charge on any atom is 0.306 e. The highest BCUT2D eigenvalue weighted by molar-refractivity contribution is 5.70. The van der Waals surface area contributed by atoms with Crippen molar-refractivity contribution >= 4 is 17.9 Å². The van der Waals surface area contributed by atoms with Gasteiger partial charge in [-0.2, -0.15) is 0 Å². The predicted molar refractivity (Wildman–Crippen MR) is 226 cm³/mol. The molecule has 8 nitrogen and oxygen atoms in total. The monoisotopic (exact) mass is 766 g/mol. The van der Waals surface area contributed by atoms with Crippen molar-refractivity contribution in [3.63, 3.8) is 0 Å². The normalized spacial score (nSPS) is 14.0. The van der Waals surface area contributed by atoms with Gasteiger partial charge in [-0.1, -0.05) is 130 Å². The van der Waals surface area contributed by atoms with Crippen molar-refractivity contribution < 1.29 is 38.2 Å². The number of esters is 2. The molecule has 2 unspecified atom stereocenters. The third kappa shape index (κ3) is 35.7. The SMILES string of the molecule is CC/C=C/C/C=C/C/C=C/C/C=C/C/C=C/C/C=C/C/C=C/CCCC(=O)OCC(COCCC(C(=O)[O-])[N+](C)(C)C)OC(=O)CC/C=C/CCCCCC. The van der Waals surface area contributed by atoms with Crippen LogP contribution in [0.4, 0.5) is 0 Å². The first-order valence-electron chi connectivity index (χ1n) is 20.8. The summed E-state index contributed by atoms with van der Waals surface area (Å²) < 4.78 is 16.9. The smallest absolute Gasteiger partial charge is 0.306 e. The van der Waals surface area contributed by atoms with Gasteiger partial charge >= 0.3 is 11.9 Å². The molecule has 0 aliphatic carbocycles. The fraction of sp³-hybridized carbons (Fsp3) is 0.596. The third-order valence-electron chi connectivity index (χ3n) is 8.47. The minimum Gasteiger partial charge on any atom is -0.544 e. The molecule has 0 fully saturated rings. The summed E-state index contributed by atoms with van der Waals surface area (Å²) in [7, 11) is 5.35. The van der Waals surface area contributed by atoms with Crippen LogP contribution in [0.5, 0.6) is 0 Å². The topological polar surface area (TPSA) is 102 Å². The highest BCUT2D eigenvalue weighted by Crippen LogP contribution is 2.10. The van der Waals surface area contributed by atoms with Crippen LogP contribution in [0, 0.1) is 0 Å². The van der Waals surface area contributed by atoms with Crippen LogP contribution in [0.15, 0.2) is 97.2 Å². The molecule has 0 amide bonds. The van der Waals surface area contributed by atoms with Crippen LogP contribution in [0.2, 0.25) is 0 Å². The highest BCUT2D eigenvalue weighted by Gasteiger charge is 2.25. The second-order valence-corrected chi connectivity index (χ2v) is 14.5. The first-order chi connectivity index (χ1) is 26.6. The molecule has 2 atom stereocenters. The van der Waals surface area contributed by atoms with E-state index in [1.165, 1.54) is 19.3 Å². The number of unbranched alkanes of at least 4 members (excludes halogenated alkanes) is 5. The third-order valence-corrected chi connectivity index (χ3v) is 8.47. The van der Waals surface area contributed by atoms with Crippen LogP contribution in [0.3, 0.4) is 0 Å². The van der Waals surface area contributed by atoms with E-state index >= 15 is 0 Å². The van der Waals surface area contributed by atoms with Crippen molar-refractivity contribution in [3.05, 3.63) is 97.2 Å². The van der Waals surface area contributed by atoms with Gasteiger partial charge in [-0.15, -0.1) is 0 Å². The maximum atomic E-state index is 12.6. The number of rotatable bonds is 35. The molecule has 0 aliphatic rings. The quantitative estimate of drug-likeness (QED) is 0.0274. The zero-order valence-corrected chi connectivity index (χ0v) is 35.0. The number of carboxylic acid groups (broad SMARTS) is 1. The molecular formula is C47H75NO7. The molecule has 0 N–H and O–H groups in total. The van der Waals surface area contributed by atoms with Crippen LogP contribution in [0.1, 0.15) is 129 Å². The molecule has 0 aromatic carbocycles. The molecule has 8 heteroatoms. The van der Waals surface area contributed by atoms with Crippen LogP contribution in [0.25, 0.3) is 0 Å². The van der Waals surface area contributed by atoms with E-state index < -0.39 is 24.1 Å². The number of carboxylic acids is 1. The molecule has 0 aliphatic heterocycles. The first-order valence-corrected chi connectivity index (χ1v) is 20.8. The van der Waals surface area contributed by atoms with Gasteiger partial charge in [0.25, 0.3) is 0 Å². The number of allylic oxidation sites excluding steroid dienone is 16. The summed E-state index contributed by atoms with van der Waals surface area (Å²) >= 11 is 0. The van der Waals surface area contributed by atoms with Gasteiger partial charge in [0.05, 0.1) is 40.3 Å². The maximum absolute atomic E-state index is 12.6. The largest absolute Gasteiger partial charge is 0.544 e. The summed E-state index contributed by atoms with van der Waals surface area (Å²) in [5, 5.41) is 11.6. The fourth-order valence-electron chi connectivity index (χ4n) is 5.25. The Morgan fingerprint density at radius 1 is 0.564 bits per heavy atom. The van der Waals surface area contributed by atoms with E-state index in [1.807, 2.05) is 6.08 Å². The van der Waals surface area contributed by atoms with Crippen molar-refractivity contribution in [1.29, 1.82) is 0 Å². The lowest BCUT2D eigenvalue weighted by Gasteiger charge is -2.34. The minimum absolute atomic E-state index is 0.000529. The number of hydrogen-bond donors (Lipinski definition) is 0. The Balaban J connectivity index is 4.41. The molecule has 0 spiro atoms. The average molecular weight is 766 g/mol. The van der Waals surface area contributed by atoms with E-state index in [-0.39, 0.29) is 49.5 Å². The number of quaternary nitrogens is 1. The Morgan fingerprint density at radius 3 is 1.56 bits per heavy atom. The van der Waals surface area contributed by atoms with Crippen molar-refractivity contribution in [2.45, 2.75) is 142 Å². The van der Waals surface area contributed by atoms with Crippen molar-refractivity contribution in [1.82, 2.24) is 0 Å². The van der Waals surface area contributed by atoms with Crippen molar-refractivity contribution in [2.75, 3.05) is 41.0 Å². The number of carbonyl (C=O) groups excluding carboxylic acids is 3. The predicted octanol–water partition coefficient (Wildman–Crippen LogP) is 9.79. The van der Waals surface area contributed by atoms with Crippen LogP contribution in [-0.4, -0.2) is 75.5 Å². The van der Waals surface area contributed by atoms with Gasteiger partial charge in [0.1, 0.15) is 12.6 Å². The number of likely N-dealkylation sites (N-methyl/N-ethyl adjacent to an activating group) is 1. The Bertz CT molecular complexity index is 1220. The van der Waals surface area contributed by atoms with E-state index in [0.717, 1.165) is 64.2 Å². The molecule has 0 radical (unpaired) electrons. The van der Waals surface area contributed by atoms with E-state index in [9.17, 15) is 19.5 Å². The van der Waals surface area contributed by atoms with Crippen LogP contribution in [-0.2, 0) is 28.6 Å². The zero-order chi connectivity index (χ0) is 40.7. The molecule has 0 aromatic heterocycles. The molecule has 0 bridgehead atoms. The molecular weight excluding hydrogens is 691 g/mol. The molecule has 0 aromatic rings. The number of ether oxygens (including phenoxy) is 3. The molecule has 0 saturated heterocycles. The van der Waals surface area contributed by atoms with E-state index in [1.54, 1.807) is 21.1 Å². The molecule has 0 rings (SSSR count). The number of nitrogens with zero attached hydrogens (tertiary/aromatic N) is 1. The summed E-state index contributed by atoms with van der Waals surface area (Å²) in [6, 6.07) is -0.743. The lowest BCUT2D eigenvalue weighted by Crippen LogP contribution is -2.55. The fourth-order valence-corrected chi connectivity index (χ4v) is 5.25. The molecule has 55 heavy (non-hydrogen) atoms. The van der Waals surface area contributed by atoms with Crippen molar-refractivity contribution in [3.8, 4) is 0 Å². The van der Waals surface area contributed by atoms with Gasteiger partial charge in [-0.05, 0) is 77.0 Å². The van der Waals surface area contributed by atoms with Crippen LogP contribution < -0.4 is 5.11 Å². The molecule has 0 heterocycles. The Morgan fingerprint density at radius 2 is 1.05 bits per heavy atom. The van der Waals surface area contributed by atoms with Crippen molar-refractivity contribution in [2.24, 2.45) is 0 Å². The van der Waals surface area contributed by atoms with Gasteiger partial charge in [0.2, 0.25) is 0 Å². The van der Waals surface area contributed by atoms with E-state index in [4.69, 9.17) is 14.2 Å². The van der Waals surface area contributed by atoms with Gasteiger partial charge in [-0.25, -0.2) is 0 Å². The van der Waals surface area contributed by atoms with Gasteiger partial charge < -0.3 is 28.6 Å². The Labute approximate surface area is 335 Å². The van der Waals surface area contributed by atoms with Crippen LogP contribution >= 0.6 is 0 Å². The number of aliphatic carboxylic acids is 1. The minimum atomic E-state index is -1.14. The lowest BCUT2D eigenvalue weighted by atomic mass is 10.1. The van der Waals surface area contributed by atoms with Gasteiger partial charge in [-0.3, -0.25) is 9.59 Å². The summed E-state index contributed by atoms with van der Waals surface area (Å²) in [6.45, 7) is 4.36. The molecule has 310 valence electrons. The highest BCUT2D eigenvalue weighted by atomic mass is 16.6. The number of carbonyl (C=O) groups is 3. The average Bonchev–Trinajstić information content (AvgIpc) is 3.14. The summed E-state index contributed by atoms with van der Waals surface area (Å²) in [5.74, 6) is -1.90. The second kappa shape index (κ2) is 37.2. The second-order valence-electron chi connectivity index (χ2n) is 14.5. The molecule has 0 saturated carbocycles. The number of hydrogen-bond acceptors (Lipinski definition) is 7. The van der Waals surface area contributed by atoms with Gasteiger partial charge in [0.15, 0.2) is 6.10 Å². The Hall–Kier alpha value is -3.75. The zero-order valence-electron chi connectivity index (χ0n) is 35.0. The summed E-state index contributed by atoms with van der Waals surface area (Å²) in [5.41, 5.74) is 0. The van der Waals surface area contributed by atoms with Gasteiger partial charge in [0, 0.05) is 19.3 Å². The first kappa shape index (κ1) is 51.2. The van der Waals surface area contributed by atoms with E-state index in [2.05, 4.69) is 105 Å².